The van der Waals surface area contributed by atoms with Gasteiger partial charge in [0.2, 0.25) is 5.91 Å². The van der Waals surface area contributed by atoms with Gasteiger partial charge in [-0.15, -0.1) is 10.2 Å². The van der Waals surface area contributed by atoms with Gasteiger partial charge in [0.15, 0.2) is 11.5 Å². The summed E-state index contributed by atoms with van der Waals surface area (Å²) in [6.45, 7) is 6.33. The molecule has 0 radical (unpaired) electrons. The maximum Gasteiger partial charge on any atom is 0.240 e. The molecule has 0 aliphatic rings. The van der Waals surface area contributed by atoms with Crippen molar-refractivity contribution >= 4 is 23.2 Å². The molecular weight excluding hydrogens is 490 g/mol. The quantitative estimate of drug-likeness (QED) is 0.296. The minimum atomic E-state index is -1.08. The topological polar surface area (TPSA) is 104 Å². The van der Waals surface area contributed by atoms with Crippen molar-refractivity contribution in [3.05, 3.63) is 83.3 Å². The summed E-state index contributed by atoms with van der Waals surface area (Å²) < 4.78 is 13.4. The van der Waals surface area contributed by atoms with Crippen LogP contribution >= 0.6 is 11.6 Å². The highest BCUT2D eigenvalue weighted by Crippen LogP contribution is 2.31. The summed E-state index contributed by atoms with van der Waals surface area (Å²) in [4.78, 5) is 12.8. The molecule has 2 aromatic heterocycles. The molecule has 2 aromatic carbocycles. The second-order valence-electron chi connectivity index (χ2n) is 9.03. The van der Waals surface area contributed by atoms with E-state index in [1.807, 2.05) is 67.6 Å². The van der Waals surface area contributed by atoms with Gasteiger partial charge < -0.3 is 20.5 Å². The first kappa shape index (κ1) is 28.1. The Balaban J connectivity index is 0.00000380. The number of pyridine rings is 1. The molecule has 3 N–H and O–H groups in total. The van der Waals surface area contributed by atoms with E-state index in [0.29, 0.717) is 29.7 Å². The number of ether oxygens (including phenoxy) is 2. The smallest absolute Gasteiger partial charge is 0.240 e. The molecule has 0 aliphatic carbocycles. The Hall–Kier alpha value is -3.46. The van der Waals surface area contributed by atoms with Crippen LogP contribution in [0.3, 0.4) is 0 Å². The molecule has 4 aromatic rings. The van der Waals surface area contributed by atoms with Gasteiger partial charge in [-0.05, 0) is 50.1 Å². The van der Waals surface area contributed by atoms with Crippen molar-refractivity contribution in [1.29, 1.82) is 0 Å². The first-order valence-corrected chi connectivity index (χ1v) is 12.1. The lowest BCUT2D eigenvalue weighted by molar-refractivity contribution is -0.126. The van der Waals surface area contributed by atoms with Gasteiger partial charge in [-0.3, -0.25) is 9.20 Å². The van der Waals surface area contributed by atoms with Gasteiger partial charge in [-0.1, -0.05) is 61.5 Å². The van der Waals surface area contributed by atoms with Crippen molar-refractivity contribution in [2.24, 2.45) is 5.73 Å². The van der Waals surface area contributed by atoms with E-state index in [4.69, 9.17) is 26.8 Å². The van der Waals surface area contributed by atoms with E-state index in [-0.39, 0.29) is 19.9 Å². The van der Waals surface area contributed by atoms with Crippen LogP contribution in [0, 0.1) is 0 Å². The van der Waals surface area contributed by atoms with Crippen molar-refractivity contribution in [2.75, 3.05) is 13.2 Å². The van der Waals surface area contributed by atoms with Gasteiger partial charge in [0, 0.05) is 11.8 Å². The number of nitrogens with one attached hydrogen (secondary N) is 1. The number of benzene rings is 2. The van der Waals surface area contributed by atoms with E-state index in [9.17, 15) is 4.79 Å². The maximum absolute atomic E-state index is 12.8. The van der Waals surface area contributed by atoms with Crippen LogP contribution in [0.25, 0.3) is 16.8 Å². The minimum Gasteiger partial charge on any atom is -0.494 e. The molecule has 0 saturated heterocycles. The third kappa shape index (κ3) is 6.85. The van der Waals surface area contributed by atoms with Gasteiger partial charge in [0.05, 0.1) is 30.4 Å². The van der Waals surface area contributed by atoms with E-state index in [0.717, 1.165) is 22.4 Å². The Morgan fingerprint density at radius 3 is 2.59 bits per heavy atom. The number of halogens is 1. The van der Waals surface area contributed by atoms with Crippen LogP contribution in [-0.2, 0) is 16.1 Å². The number of rotatable bonds is 10. The third-order valence-electron chi connectivity index (χ3n) is 5.55. The number of fused-ring (bicyclic) bond motifs is 1. The largest absolute Gasteiger partial charge is 0.494 e. The molecule has 0 saturated carbocycles. The van der Waals surface area contributed by atoms with Gasteiger partial charge in [0.25, 0.3) is 0 Å². The van der Waals surface area contributed by atoms with E-state index >= 15 is 0 Å². The number of hydrogen-bond acceptors (Lipinski definition) is 6. The van der Waals surface area contributed by atoms with E-state index in [1.54, 1.807) is 24.4 Å². The molecule has 37 heavy (non-hydrogen) atoms. The molecule has 0 aliphatic heterocycles. The summed E-state index contributed by atoms with van der Waals surface area (Å²) in [7, 11) is 0. The second-order valence-corrected chi connectivity index (χ2v) is 9.47. The predicted molar refractivity (Wildman–Crippen MR) is 147 cm³/mol. The highest BCUT2D eigenvalue weighted by atomic mass is 35.5. The number of aromatic nitrogens is 3. The van der Waals surface area contributed by atoms with Crippen LogP contribution in [0.2, 0.25) is 5.02 Å². The lowest BCUT2D eigenvalue weighted by atomic mass is 10.1. The molecule has 196 valence electrons. The summed E-state index contributed by atoms with van der Waals surface area (Å²) in [6.07, 6.45) is 1.73. The first-order chi connectivity index (χ1) is 17.3. The molecular formula is C28H34ClN5O3. The first-order valence-electron chi connectivity index (χ1n) is 11.7. The average Bonchev–Trinajstić information content (AvgIpc) is 3.27. The van der Waals surface area contributed by atoms with Crippen molar-refractivity contribution < 1.29 is 14.3 Å². The Morgan fingerprint density at radius 2 is 1.89 bits per heavy atom. The van der Waals surface area contributed by atoms with Crippen LogP contribution in [0.15, 0.2) is 66.9 Å². The average molecular weight is 524 g/mol. The number of hydrogen-bond donors (Lipinski definition) is 2. The molecule has 1 amide bonds. The Bertz CT molecular complexity index is 1330. The third-order valence-corrected chi connectivity index (χ3v) is 5.76. The molecule has 2 heterocycles. The summed E-state index contributed by atoms with van der Waals surface area (Å²) in [5.41, 5.74) is 8.25. The van der Waals surface area contributed by atoms with Crippen molar-refractivity contribution in [3.8, 4) is 16.9 Å². The summed E-state index contributed by atoms with van der Waals surface area (Å²) in [6, 6.07) is 18.7. The Labute approximate surface area is 222 Å². The fourth-order valence-corrected chi connectivity index (χ4v) is 3.95. The number of amides is 1. The summed E-state index contributed by atoms with van der Waals surface area (Å²) >= 11 is 6.52. The number of carbonyl (C=O) groups is 1. The van der Waals surface area contributed by atoms with E-state index in [1.165, 1.54) is 0 Å². The van der Waals surface area contributed by atoms with Gasteiger partial charge in [-0.25, -0.2) is 0 Å². The predicted octanol–water partition coefficient (Wildman–Crippen LogP) is 5.20. The standard InChI is InChI=1S/C27H30ClN5O3.CH4/c1-4-36-21-12-8-11-19(13-21)22-14-20(28)15-33-24(22)31-32-25(33)23(30-26(34)27(2,3)29)17-35-16-18-9-6-5-7-10-18;/h5-15,23H,4,16-17,29H2,1-3H3,(H,30,34);1H4/t23-;/m1./s1. The molecule has 0 spiro atoms. The highest BCUT2D eigenvalue weighted by molar-refractivity contribution is 6.30. The van der Waals surface area contributed by atoms with Crippen molar-refractivity contribution in [2.45, 2.75) is 46.4 Å². The normalized spacial score (nSPS) is 12.1. The molecule has 0 unspecified atom stereocenters. The lowest BCUT2D eigenvalue weighted by Crippen LogP contribution is -2.50. The second kappa shape index (κ2) is 12.2. The lowest BCUT2D eigenvalue weighted by Gasteiger charge is -2.23. The number of nitrogens with zero attached hydrogens (tertiary/aromatic N) is 3. The minimum absolute atomic E-state index is 0. The van der Waals surface area contributed by atoms with Crippen LogP contribution in [-0.4, -0.2) is 39.3 Å². The maximum atomic E-state index is 12.8. The zero-order valence-corrected chi connectivity index (χ0v) is 21.3. The molecule has 0 fully saturated rings. The zero-order valence-electron chi connectivity index (χ0n) is 20.6. The molecule has 4 rings (SSSR count). The highest BCUT2D eigenvalue weighted by Gasteiger charge is 2.28. The van der Waals surface area contributed by atoms with E-state index < -0.39 is 11.6 Å². The molecule has 0 bridgehead atoms. The molecule has 1 atom stereocenters. The molecule has 9 heteroatoms. The summed E-state index contributed by atoms with van der Waals surface area (Å²) in [5, 5.41) is 12.3. The van der Waals surface area contributed by atoms with Crippen LogP contribution in [0.4, 0.5) is 0 Å². The fourth-order valence-electron chi connectivity index (χ4n) is 3.74. The van der Waals surface area contributed by atoms with Gasteiger partial charge >= 0.3 is 0 Å². The monoisotopic (exact) mass is 523 g/mol. The number of nitrogens with two attached hydrogens (primary N) is 1. The fraction of sp³-hybridized carbons (Fsp3) is 0.321. The van der Waals surface area contributed by atoms with Crippen LogP contribution < -0.4 is 15.8 Å². The van der Waals surface area contributed by atoms with Gasteiger partial charge in [-0.2, -0.15) is 0 Å². The van der Waals surface area contributed by atoms with Crippen molar-refractivity contribution in [3.63, 3.8) is 0 Å². The van der Waals surface area contributed by atoms with Crippen molar-refractivity contribution in [1.82, 2.24) is 19.9 Å². The van der Waals surface area contributed by atoms with E-state index in [2.05, 4.69) is 15.5 Å². The molecule has 8 nitrogen and oxygen atoms in total. The SMILES string of the molecule is C.CCOc1cccc(-c2cc(Cl)cn3c([C@@H](COCc4ccccc4)NC(=O)C(C)(C)N)nnc23)c1. The van der Waals surface area contributed by atoms with Gasteiger partial charge in [0.1, 0.15) is 11.8 Å². The van der Waals surface area contributed by atoms with Crippen LogP contribution in [0.1, 0.15) is 45.6 Å². The zero-order chi connectivity index (χ0) is 25.7. The summed E-state index contributed by atoms with van der Waals surface area (Å²) in [5.74, 6) is 0.900. The Morgan fingerprint density at radius 1 is 1.14 bits per heavy atom. The number of carbonyl (C=O) groups excluding carboxylic acids is 1. The van der Waals surface area contributed by atoms with Crippen LogP contribution in [0.5, 0.6) is 5.75 Å². The Kier molecular flexibility index (Phi) is 9.26.